The van der Waals surface area contributed by atoms with Crippen LogP contribution in [-0.4, -0.2) is 4.98 Å². The fourth-order valence-electron chi connectivity index (χ4n) is 1.85. The molecule has 3 rings (SSSR count). The van der Waals surface area contributed by atoms with E-state index in [1.54, 1.807) is 13.0 Å². The predicted molar refractivity (Wildman–Crippen MR) is 78.5 cm³/mol. The van der Waals surface area contributed by atoms with Crippen molar-refractivity contribution in [3.8, 4) is 0 Å². The first kappa shape index (κ1) is 11.9. The molecule has 0 fully saturated rings. The summed E-state index contributed by atoms with van der Waals surface area (Å²) in [5.74, 6) is -0.227. The van der Waals surface area contributed by atoms with E-state index in [0.29, 0.717) is 11.3 Å². The first-order valence-electron chi connectivity index (χ1n) is 5.82. The van der Waals surface area contributed by atoms with Crippen LogP contribution in [0, 0.1) is 12.7 Å². The van der Waals surface area contributed by atoms with Gasteiger partial charge in [-0.25, -0.2) is 9.37 Å². The Labute approximate surface area is 113 Å². The molecular formula is C14H12FN3S. The van der Waals surface area contributed by atoms with Crippen LogP contribution in [0.3, 0.4) is 0 Å². The molecule has 0 spiro atoms. The van der Waals surface area contributed by atoms with Crippen molar-refractivity contribution in [2.75, 3.05) is 11.1 Å². The van der Waals surface area contributed by atoms with Gasteiger partial charge in [0.2, 0.25) is 0 Å². The number of hydrogen-bond donors (Lipinski definition) is 2. The molecule has 3 aromatic rings. The summed E-state index contributed by atoms with van der Waals surface area (Å²) >= 11 is 1.50. The van der Waals surface area contributed by atoms with Gasteiger partial charge < -0.3 is 11.1 Å². The van der Waals surface area contributed by atoms with Crippen molar-refractivity contribution in [1.29, 1.82) is 0 Å². The van der Waals surface area contributed by atoms with E-state index in [-0.39, 0.29) is 5.82 Å². The summed E-state index contributed by atoms with van der Waals surface area (Å²) in [5.41, 5.74) is 8.65. The van der Waals surface area contributed by atoms with Crippen molar-refractivity contribution in [3.63, 3.8) is 0 Å². The molecule has 96 valence electrons. The average molecular weight is 273 g/mol. The zero-order chi connectivity index (χ0) is 13.4. The van der Waals surface area contributed by atoms with Crippen molar-refractivity contribution in [2.24, 2.45) is 0 Å². The number of nitrogens with zero attached hydrogens (tertiary/aromatic N) is 1. The molecule has 0 aliphatic rings. The number of hydrogen-bond acceptors (Lipinski definition) is 4. The lowest BCUT2D eigenvalue weighted by Gasteiger charge is -2.06. The van der Waals surface area contributed by atoms with Gasteiger partial charge >= 0.3 is 0 Å². The Morgan fingerprint density at radius 3 is 2.95 bits per heavy atom. The van der Waals surface area contributed by atoms with Crippen LogP contribution in [-0.2, 0) is 0 Å². The highest BCUT2D eigenvalue weighted by molar-refractivity contribution is 7.22. The number of thiazole rings is 1. The second kappa shape index (κ2) is 4.51. The van der Waals surface area contributed by atoms with Gasteiger partial charge in [0.25, 0.3) is 0 Å². The Balaban J connectivity index is 1.99. The zero-order valence-electron chi connectivity index (χ0n) is 10.3. The summed E-state index contributed by atoms with van der Waals surface area (Å²) in [7, 11) is 0. The van der Waals surface area contributed by atoms with E-state index in [1.165, 1.54) is 17.4 Å². The van der Waals surface area contributed by atoms with E-state index >= 15 is 0 Å². The summed E-state index contributed by atoms with van der Waals surface area (Å²) in [5, 5.41) is 3.88. The topological polar surface area (TPSA) is 50.9 Å². The number of rotatable bonds is 2. The van der Waals surface area contributed by atoms with Crippen molar-refractivity contribution < 1.29 is 4.39 Å². The van der Waals surface area contributed by atoms with Gasteiger partial charge in [0.05, 0.1) is 10.2 Å². The minimum Gasteiger partial charge on any atom is -0.399 e. The molecule has 0 amide bonds. The van der Waals surface area contributed by atoms with Crippen LogP contribution < -0.4 is 11.1 Å². The largest absolute Gasteiger partial charge is 0.399 e. The second-order valence-electron chi connectivity index (χ2n) is 4.28. The number of aromatic nitrogens is 1. The molecule has 0 aliphatic carbocycles. The summed E-state index contributed by atoms with van der Waals surface area (Å²) in [6, 6.07) is 10.5. The van der Waals surface area contributed by atoms with E-state index in [1.807, 2.05) is 24.3 Å². The van der Waals surface area contributed by atoms with E-state index in [9.17, 15) is 4.39 Å². The molecule has 0 bridgehead atoms. The number of fused-ring (bicyclic) bond motifs is 1. The zero-order valence-corrected chi connectivity index (χ0v) is 11.1. The van der Waals surface area contributed by atoms with Crippen LogP contribution in [0.25, 0.3) is 10.2 Å². The van der Waals surface area contributed by atoms with Gasteiger partial charge in [-0.15, -0.1) is 0 Å². The molecule has 0 saturated carbocycles. The number of nitrogen functional groups attached to an aromatic ring is 1. The molecule has 1 heterocycles. The van der Waals surface area contributed by atoms with E-state index in [0.717, 1.165) is 21.0 Å². The molecule has 5 heteroatoms. The first-order chi connectivity index (χ1) is 9.13. The van der Waals surface area contributed by atoms with Crippen LogP contribution in [0.2, 0.25) is 0 Å². The Morgan fingerprint density at radius 2 is 2.11 bits per heavy atom. The predicted octanol–water partition coefficient (Wildman–Crippen LogP) is 4.07. The van der Waals surface area contributed by atoms with Gasteiger partial charge in [-0.3, -0.25) is 0 Å². The second-order valence-corrected chi connectivity index (χ2v) is 5.31. The lowest BCUT2D eigenvalue weighted by atomic mass is 10.2. The van der Waals surface area contributed by atoms with Crippen LogP contribution in [0.15, 0.2) is 36.4 Å². The third-order valence-corrected chi connectivity index (χ3v) is 3.86. The molecule has 0 atom stereocenters. The van der Waals surface area contributed by atoms with E-state index in [2.05, 4.69) is 10.3 Å². The van der Waals surface area contributed by atoms with Crippen LogP contribution in [0.1, 0.15) is 5.56 Å². The van der Waals surface area contributed by atoms with Gasteiger partial charge in [0.1, 0.15) is 5.82 Å². The fourth-order valence-corrected chi connectivity index (χ4v) is 2.78. The van der Waals surface area contributed by atoms with Crippen LogP contribution in [0.5, 0.6) is 0 Å². The monoisotopic (exact) mass is 273 g/mol. The average Bonchev–Trinajstić information content (AvgIpc) is 2.76. The number of benzene rings is 2. The smallest absolute Gasteiger partial charge is 0.188 e. The lowest BCUT2D eigenvalue weighted by molar-refractivity contribution is 0.619. The minimum atomic E-state index is -0.227. The third kappa shape index (κ3) is 2.24. The highest BCUT2D eigenvalue weighted by atomic mass is 32.1. The molecule has 0 radical (unpaired) electrons. The number of nitrogens with one attached hydrogen (secondary N) is 1. The normalized spacial score (nSPS) is 10.8. The SMILES string of the molecule is Cc1c(F)cccc1Nc1nc2ccc(N)cc2s1. The van der Waals surface area contributed by atoms with Gasteiger partial charge in [0.15, 0.2) is 5.13 Å². The summed E-state index contributed by atoms with van der Waals surface area (Å²) in [6.07, 6.45) is 0. The Bertz CT molecular complexity index is 752. The highest BCUT2D eigenvalue weighted by Gasteiger charge is 2.07. The summed E-state index contributed by atoms with van der Waals surface area (Å²) < 4.78 is 14.5. The maximum Gasteiger partial charge on any atom is 0.188 e. The van der Waals surface area contributed by atoms with Crippen molar-refractivity contribution in [2.45, 2.75) is 6.92 Å². The molecular weight excluding hydrogens is 261 g/mol. The molecule has 3 nitrogen and oxygen atoms in total. The first-order valence-corrected chi connectivity index (χ1v) is 6.63. The van der Waals surface area contributed by atoms with Crippen molar-refractivity contribution in [1.82, 2.24) is 4.98 Å². The van der Waals surface area contributed by atoms with Gasteiger partial charge in [0, 0.05) is 16.9 Å². The summed E-state index contributed by atoms with van der Waals surface area (Å²) in [4.78, 5) is 4.45. The molecule has 2 aromatic carbocycles. The quantitative estimate of drug-likeness (QED) is 0.692. The lowest BCUT2D eigenvalue weighted by Crippen LogP contribution is -1.94. The maximum absolute atomic E-state index is 13.5. The molecule has 3 N–H and O–H groups in total. The Kier molecular flexibility index (Phi) is 2.83. The summed E-state index contributed by atoms with van der Waals surface area (Å²) in [6.45, 7) is 1.74. The van der Waals surface area contributed by atoms with Gasteiger partial charge in [-0.2, -0.15) is 0 Å². The van der Waals surface area contributed by atoms with Gasteiger partial charge in [-0.05, 0) is 37.3 Å². The third-order valence-electron chi connectivity index (χ3n) is 2.92. The minimum absolute atomic E-state index is 0.227. The number of halogens is 1. The Morgan fingerprint density at radius 1 is 1.26 bits per heavy atom. The standard InChI is InChI=1S/C14H12FN3S/c1-8-10(15)3-2-4-11(8)17-14-18-12-6-5-9(16)7-13(12)19-14/h2-7H,16H2,1H3,(H,17,18). The van der Waals surface area contributed by atoms with Crippen LogP contribution >= 0.6 is 11.3 Å². The fraction of sp³-hybridized carbons (Fsp3) is 0.0714. The van der Waals surface area contributed by atoms with Gasteiger partial charge in [-0.1, -0.05) is 17.4 Å². The molecule has 0 saturated heterocycles. The highest BCUT2D eigenvalue weighted by Crippen LogP contribution is 2.30. The van der Waals surface area contributed by atoms with E-state index in [4.69, 9.17) is 5.73 Å². The van der Waals surface area contributed by atoms with E-state index < -0.39 is 0 Å². The number of anilines is 3. The van der Waals surface area contributed by atoms with Crippen molar-refractivity contribution >= 4 is 38.1 Å². The molecule has 0 aliphatic heterocycles. The van der Waals surface area contributed by atoms with Crippen LogP contribution in [0.4, 0.5) is 20.9 Å². The molecule has 19 heavy (non-hydrogen) atoms. The number of nitrogens with two attached hydrogens (primary N) is 1. The molecule has 0 unspecified atom stereocenters. The Hall–Kier alpha value is -2.14. The maximum atomic E-state index is 13.5. The molecule has 1 aromatic heterocycles. The van der Waals surface area contributed by atoms with Crippen molar-refractivity contribution in [3.05, 3.63) is 47.8 Å².